The normalized spacial score (nSPS) is 11.5. The number of hydrogen-bond donors (Lipinski definition) is 2. The monoisotopic (exact) mass is 453 g/mol. The van der Waals surface area contributed by atoms with Crippen LogP contribution >= 0.6 is 11.8 Å². The quantitative estimate of drug-likeness (QED) is 0.266. The summed E-state index contributed by atoms with van der Waals surface area (Å²) in [6.07, 6.45) is 5.46. The maximum atomic E-state index is 12.3. The molecule has 2 aromatic carbocycles. The molecule has 0 fully saturated rings. The van der Waals surface area contributed by atoms with Gasteiger partial charge in [-0.15, -0.1) is 0 Å². The molecular formula is C26H23N5OS. The van der Waals surface area contributed by atoms with Gasteiger partial charge in [0, 0.05) is 29.1 Å². The van der Waals surface area contributed by atoms with E-state index in [1.54, 1.807) is 32.4 Å². The van der Waals surface area contributed by atoms with Crippen LogP contribution in [0.1, 0.15) is 18.2 Å². The van der Waals surface area contributed by atoms with Crippen molar-refractivity contribution in [3.05, 3.63) is 78.2 Å². The number of benzene rings is 2. The lowest BCUT2D eigenvalue weighted by atomic mass is 10.1. The fourth-order valence-electron chi connectivity index (χ4n) is 3.18. The van der Waals surface area contributed by atoms with E-state index in [-0.39, 0.29) is 11.9 Å². The molecule has 2 N–H and O–H groups in total. The lowest BCUT2D eigenvalue weighted by Gasteiger charge is -2.12. The summed E-state index contributed by atoms with van der Waals surface area (Å²) < 4.78 is 0. The van der Waals surface area contributed by atoms with Crippen LogP contribution in [0.3, 0.4) is 0 Å². The minimum Gasteiger partial charge on any atom is -0.309 e. The molecule has 6 nitrogen and oxygen atoms in total. The SMILES string of the molecule is CNC(C)C(=O)Nc1ccc(-c2cnc(SC)nc2)c(C#Cc2ccc3ccccc3c2)n1. The van der Waals surface area contributed by atoms with Crippen LogP contribution in [0.2, 0.25) is 0 Å². The van der Waals surface area contributed by atoms with Crippen LogP contribution in [0.5, 0.6) is 0 Å². The molecule has 1 amide bonds. The van der Waals surface area contributed by atoms with Gasteiger partial charge >= 0.3 is 0 Å². The third-order valence-corrected chi connectivity index (χ3v) is 5.75. The number of pyridine rings is 1. The van der Waals surface area contributed by atoms with Crippen LogP contribution in [0.25, 0.3) is 21.9 Å². The van der Waals surface area contributed by atoms with Crippen molar-refractivity contribution in [1.82, 2.24) is 20.3 Å². The maximum Gasteiger partial charge on any atom is 0.242 e. The lowest BCUT2D eigenvalue weighted by molar-refractivity contribution is -0.117. The number of rotatable bonds is 5. The highest BCUT2D eigenvalue weighted by Crippen LogP contribution is 2.24. The van der Waals surface area contributed by atoms with E-state index in [1.807, 2.05) is 30.5 Å². The van der Waals surface area contributed by atoms with Crippen molar-refractivity contribution in [2.75, 3.05) is 18.6 Å². The first-order valence-corrected chi connectivity index (χ1v) is 11.7. The molecule has 7 heteroatoms. The van der Waals surface area contributed by atoms with Gasteiger partial charge in [-0.2, -0.15) is 0 Å². The number of carbonyl (C=O) groups excluding carboxylic acids is 1. The van der Waals surface area contributed by atoms with Gasteiger partial charge in [0.25, 0.3) is 0 Å². The van der Waals surface area contributed by atoms with Crippen LogP contribution in [-0.4, -0.2) is 40.2 Å². The number of thioether (sulfide) groups is 1. The number of amides is 1. The van der Waals surface area contributed by atoms with Crippen molar-refractivity contribution in [2.45, 2.75) is 18.1 Å². The lowest BCUT2D eigenvalue weighted by Crippen LogP contribution is -2.35. The summed E-state index contributed by atoms with van der Waals surface area (Å²) in [5.41, 5.74) is 3.03. The Balaban J connectivity index is 1.74. The van der Waals surface area contributed by atoms with Crippen molar-refractivity contribution >= 4 is 34.3 Å². The van der Waals surface area contributed by atoms with E-state index < -0.39 is 0 Å². The summed E-state index contributed by atoms with van der Waals surface area (Å²) in [5, 5.41) is 8.74. The second-order valence-electron chi connectivity index (χ2n) is 7.36. The Bertz CT molecular complexity index is 1360. The molecule has 2 heterocycles. The average Bonchev–Trinajstić information content (AvgIpc) is 2.87. The van der Waals surface area contributed by atoms with Gasteiger partial charge in [0.1, 0.15) is 11.5 Å². The van der Waals surface area contributed by atoms with Crippen molar-refractivity contribution in [3.8, 4) is 23.0 Å². The number of fused-ring (bicyclic) bond motifs is 1. The molecule has 4 rings (SSSR count). The van der Waals surface area contributed by atoms with Gasteiger partial charge < -0.3 is 10.6 Å². The van der Waals surface area contributed by atoms with Crippen molar-refractivity contribution in [3.63, 3.8) is 0 Å². The second kappa shape index (κ2) is 10.3. The van der Waals surface area contributed by atoms with Gasteiger partial charge in [0.05, 0.1) is 6.04 Å². The molecule has 0 aliphatic rings. The highest BCUT2D eigenvalue weighted by atomic mass is 32.2. The molecule has 0 bridgehead atoms. The van der Waals surface area contributed by atoms with E-state index in [0.717, 1.165) is 27.5 Å². The van der Waals surface area contributed by atoms with Gasteiger partial charge in [-0.3, -0.25) is 4.79 Å². The molecule has 4 aromatic rings. The Kier molecular flexibility index (Phi) is 6.98. The summed E-state index contributed by atoms with van der Waals surface area (Å²) in [5.74, 6) is 6.68. The Morgan fingerprint density at radius 2 is 1.76 bits per heavy atom. The topological polar surface area (TPSA) is 79.8 Å². The Morgan fingerprint density at radius 3 is 2.48 bits per heavy atom. The van der Waals surface area contributed by atoms with Gasteiger partial charge in [-0.1, -0.05) is 48.0 Å². The first-order chi connectivity index (χ1) is 16.1. The summed E-state index contributed by atoms with van der Waals surface area (Å²) in [4.78, 5) is 25.7. The van der Waals surface area contributed by atoms with Gasteiger partial charge in [-0.05, 0) is 61.2 Å². The van der Waals surface area contributed by atoms with Gasteiger partial charge in [-0.25, -0.2) is 15.0 Å². The molecule has 1 atom stereocenters. The van der Waals surface area contributed by atoms with Crippen molar-refractivity contribution in [1.29, 1.82) is 0 Å². The molecule has 0 aliphatic heterocycles. The smallest absolute Gasteiger partial charge is 0.242 e. The van der Waals surface area contributed by atoms with E-state index in [0.29, 0.717) is 16.7 Å². The summed E-state index contributed by atoms with van der Waals surface area (Å²) >= 11 is 1.48. The predicted molar refractivity (Wildman–Crippen MR) is 134 cm³/mol. The van der Waals surface area contributed by atoms with Gasteiger partial charge in [0.15, 0.2) is 5.16 Å². The number of likely N-dealkylation sites (N-methyl/N-ethyl adjacent to an activating group) is 1. The van der Waals surface area contributed by atoms with Crippen LogP contribution in [0, 0.1) is 11.8 Å². The number of carbonyl (C=O) groups is 1. The summed E-state index contributed by atoms with van der Waals surface area (Å²) in [6.45, 7) is 1.79. The number of hydrogen-bond acceptors (Lipinski definition) is 6. The second-order valence-corrected chi connectivity index (χ2v) is 8.14. The molecule has 0 saturated heterocycles. The van der Waals surface area contributed by atoms with E-state index in [4.69, 9.17) is 0 Å². The zero-order valence-corrected chi connectivity index (χ0v) is 19.4. The molecule has 0 saturated carbocycles. The molecule has 33 heavy (non-hydrogen) atoms. The van der Waals surface area contributed by atoms with Crippen LogP contribution < -0.4 is 10.6 Å². The average molecular weight is 454 g/mol. The highest BCUT2D eigenvalue weighted by Gasteiger charge is 2.13. The number of nitrogens with one attached hydrogen (secondary N) is 2. The Morgan fingerprint density at radius 1 is 1.00 bits per heavy atom. The number of nitrogens with zero attached hydrogens (tertiary/aromatic N) is 3. The molecular weight excluding hydrogens is 430 g/mol. The van der Waals surface area contributed by atoms with E-state index in [1.165, 1.54) is 11.8 Å². The van der Waals surface area contributed by atoms with Crippen molar-refractivity contribution < 1.29 is 4.79 Å². The molecule has 164 valence electrons. The number of aromatic nitrogens is 3. The Labute approximate surface area is 197 Å². The third kappa shape index (κ3) is 5.37. The molecule has 0 spiro atoms. The van der Waals surface area contributed by atoms with E-state index >= 15 is 0 Å². The Hall–Kier alpha value is -3.73. The first kappa shape index (κ1) is 22.5. The van der Waals surface area contributed by atoms with Gasteiger partial charge in [0.2, 0.25) is 5.91 Å². The van der Waals surface area contributed by atoms with Crippen LogP contribution in [-0.2, 0) is 4.79 Å². The van der Waals surface area contributed by atoms with Crippen molar-refractivity contribution in [2.24, 2.45) is 0 Å². The highest BCUT2D eigenvalue weighted by molar-refractivity contribution is 7.98. The van der Waals surface area contributed by atoms with Crippen LogP contribution in [0.4, 0.5) is 5.82 Å². The van der Waals surface area contributed by atoms with E-state index in [2.05, 4.69) is 61.7 Å². The molecule has 1 unspecified atom stereocenters. The fraction of sp³-hybridized carbons (Fsp3) is 0.154. The zero-order chi connectivity index (χ0) is 23.2. The minimum atomic E-state index is -0.342. The molecule has 2 aromatic heterocycles. The number of anilines is 1. The maximum absolute atomic E-state index is 12.3. The third-order valence-electron chi connectivity index (χ3n) is 5.17. The largest absolute Gasteiger partial charge is 0.309 e. The van der Waals surface area contributed by atoms with E-state index in [9.17, 15) is 4.79 Å². The fourth-order valence-corrected chi connectivity index (χ4v) is 3.50. The first-order valence-electron chi connectivity index (χ1n) is 10.4. The van der Waals surface area contributed by atoms with Crippen LogP contribution in [0.15, 0.2) is 72.1 Å². The summed E-state index contributed by atoms with van der Waals surface area (Å²) in [7, 11) is 1.74. The zero-order valence-electron chi connectivity index (χ0n) is 18.6. The minimum absolute atomic E-state index is 0.168. The summed E-state index contributed by atoms with van der Waals surface area (Å²) in [6, 6.07) is 17.6. The molecule has 0 radical (unpaired) electrons. The molecule has 0 aliphatic carbocycles. The predicted octanol–water partition coefficient (Wildman–Crippen LogP) is 4.36. The standard InChI is InChI=1S/C26H23N5OS/c1-17(27-2)25(32)31-24-13-11-22(21-15-28-26(33-3)29-16-21)23(30-24)12-9-18-8-10-19-6-4-5-7-20(19)14-18/h4-8,10-11,13-17,27H,1-3H3,(H,30,31,32).